The van der Waals surface area contributed by atoms with Crippen LogP contribution in [0.15, 0.2) is 0 Å². The van der Waals surface area contributed by atoms with Gasteiger partial charge in [-0.05, 0) is 20.3 Å². The second-order valence-corrected chi connectivity index (χ2v) is 4.84. The molecule has 1 rings (SSSR count). The molecule has 3 unspecified atom stereocenters. The van der Waals surface area contributed by atoms with E-state index < -0.39 is 5.60 Å². The molecule has 0 aromatic heterocycles. The first-order valence-electron chi connectivity index (χ1n) is 5.76. The van der Waals surface area contributed by atoms with Gasteiger partial charge in [0.25, 0.3) is 0 Å². The number of β-amino-alcohol motifs (C(OH)–C–C–N with tert-alkyl or cyclic N) is 1. The smallest absolute Gasteiger partial charge is 0.0867 e. The summed E-state index contributed by atoms with van der Waals surface area (Å²) in [6.45, 7) is 8.59. The molecular formula is C11H24N2O2. The molecule has 0 bridgehead atoms. The average molecular weight is 216 g/mol. The summed E-state index contributed by atoms with van der Waals surface area (Å²) >= 11 is 0. The van der Waals surface area contributed by atoms with Gasteiger partial charge < -0.3 is 15.6 Å². The van der Waals surface area contributed by atoms with Gasteiger partial charge in [-0.3, -0.25) is 4.90 Å². The van der Waals surface area contributed by atoms with E-state index in [1.165, 1.54) is 0 Å². The van der Waals surface area contributed by atoms with Gasteiger partial charge in [0.1, 0.15) is 0 Å². The third-order valence-corrected chi connectivity index (χ3v) is 3.04. The second-order valence-electron chi connectivity index (χ2n) is 4.84. The first-order valence-corrected chi connectivity index (χ1v) is 5.76. The fourth-order valence-electron chi connectivity index (χ4n) is 1.98. The maximum Gasteiger partial charge on any atom is 0.0867 e. The Kier molecular flexibility index (Phi) is 4.52. The van der Waals surface area contributed by atoms with E-state index >= 15 is 0 Å². The van der Waals surface area contributed by atoms with E-state index in [2.05, 4.69) is 18.7 Å². The molecule has 90 valence electrons. The molecule has 1 saturated heterocycles. The van der Waals surface area contributed by atoms with Crippen LogP contribution in [0.1, 0.15) is 27.2 Å². The number of hydrogen-bond acceptors (Lipinski definition) is 4. The number of nitrogens with two attached hydrogens (primary N) is 1. The molecule has 3 N–H and O–H groups in total. The molecule has 0 radical (unpaired) electrons. The van der Waals surface area contributed by atoms with Gasteiger partial charge in [-0.25, -0.2) is 0 Å². The van der Waals surface area contributed by atoms with Crippen molar-refractivity contribution in [3.05, 3.63) is 0 Å². The zero-order valence-corrected chi connectivity index (χ0v) is 10.1. The lowest BCUT2D eigenvalue weighted by Gasteiger charge is -2.41. The van der Waals surface area contributed by atoms with E-state index in [1.807, 2.05) is 0 Å². The largest absolute Gasteiger partial charge is 0.388 e. The minimum atomic E-state index is -0.787. The van der Waals surface area contributed by atoms with E-state index in [1.54, 1.807) is 6.92 Å². The number of aliphatic hydroxyl groups is 1. The van der Waals surface area contributed by atoms with Gasteiger partial charge in [0.15, 0.2) is 0 Å². The van der Waals surface area contributed by atoms with Crippen molar-refractivity contribution in [2.75, 3.05) is 26.2 Å². The first-order chi connectivity index (χ1) is 6.98. The summed E-state index contributed by atoms with van der Waals surface area (Å²) in [5, 5.41) is 9.97. The van der Waals surface area contributed by atoms with E-state index in [0.29, 0.717) is 19.1 Å². The normalized spacial score (nSPS) is 32.6. The van der Waals surface area contributed by atoms with Crippen LogP contribution in [0.4, 0.5) is 0 Å². The van der Waals surface area contributed by atoms with Crippen LogP contribution < -0.4 is 5.73 Å². The number of morpholine rings is 1. The summed E-state index contributed by atoms with van der Waals surface area (Å²) in [6, 6.07) is 0.416. The minimum Gasteiger partial charge on any atom is -0.388 e. The van der Waals surface area contributed by atoms with Crippen molar-refractivity contribution >= 4 is 0 Å². The Morgan fingerprint density at radius 3 is 2.80 bits per heavy atom. The van der Waals surface area contributed by atoms with Crippen LogP contribution in [0.25, 0.3) is 0 Å². The molecule has 4 heteroatoms. The van der Waals surface area contributed by atoms with Gasteiger partial charge >= 0.3 is 0 Å². The van der Waals surface area contributed by atoms with Crippen molar-refractivity contribution in [2.45, 2.75) is 44.9 Å². The van der Waals surface area contributed by atoms with Gasteiger partial charge in [0.05, 0.1) is 18.3 Å². The Morgan fingerprint density at radius 1 is 1.60 bits per heavy atom. The van der Waals surface area contributed by atoms with Crippen LogP contribution in [0.2, 0.25) is 0 Å². The molecule has 0 aliphatic carbocycles. The van der Waals surface area contributed by atoms with E-state index in [-0.39, 0.29) is 6.10 Å². The third kappa shape index (κ3) is 3.72. The third-order valence-electron chi connectivity index (χ3n) is 3.04. The molecule has 0 aromatic rings. The Morgan fingerprint density at radius 2 is 2.27 bits per heavy atom. The van der Waals surface area contributed by atoms with Crippen LogP contribution in [0, 0.1) is 0 Å². The monoisotopic (exact) mass is 216 g/mol. The summed E-state index contributed by atoms with van der Waals surface area (Å²) in [6.07, 6.45) is 1.30. The summed E-state index contributed by atoms with van der Waals surface area (Å²) in [5.74, 6) is 0. The van der Waals surface area contributed by atoms with Crippen LogP contribution in [0.5, 0.6) is 0 Å². The van der Waals surface area contributed by atoms with Crippen molar-refractivity contribution in [1.29, 1.82) is 0 Å². The number of rotatable bonds is 4. The standard InChI is InChI=1S/C11H24N2O2/c1-4-10-6-15-9(2)5-13(10)8-11(3,14)7-12/h9-10,14H,4-8,12H2,1-3H3. The van der Waals surface area contributed by atoms with Gasteiger partial charge in [-0.2, -0.15) is 0 Å². The Hall–Kier alpha value is -0.160. The molecule has 1 aliphatic rings. The molecule has 0 saturated carbocycles. The molecule has 1 heterocycles. The SMILES string of the molecule is CCC1COC(C)CN1CC(C)(O)CN. The maximum atomic E-state index is 9.97. The zero-order valence-electron chi connectivity index (χ0n) is 10.1. The highest BCUT2D eigenvalue weighted by atomic mass is 16.5. The maximum absolute atomic E-state index is 9.97. The molecular weight excluding hydrogens is 192 g/mol. The number of nitrogens with zero attached hydrogens (tertiary/aromatic N) is 1. The van der Waals surface area contributed by atoms with Crippen LogP contribution in [-0.2, 0) is 4.74 Å². The van der Waals surface area contributed by atoms with Crippen LogP contribution in [-0.4, -0.2) is 54.0 Å². The van der Waals surface area contributed by atoms with E-state index in [4.69, 9.17) is 10.5 Å². The quantitative estimate of drug-likeness (QED) is 0.704. The van der Waals surface area contributed by atoms with E-state index in [9.17, 15) is 5.11 Å². The highest BCUT2D eigenvalue weighted by Crippen LogP contribution is 2.17. The fraction of sp³-hybridized carbons (Fsp3) is 1.00. The molecule has 1 fully saturated rings. The van der Waals surface area contributed by atoms with Crippen molar-refractivity contribution in [2.24, 2.45) is 5.73 Å². The highest BCUT2D eigenvalue weighted by Gasteiger charge is 2.30. The molecule has 0 spiro atoms. The summed E-state index contributed by atoms with van der Waals surface area (Å²) in [7, 11) is 0. The lowest BCUT2D eigenvalue weighted by molar-refractivity contribution is -0.0825. The number of hydrogen-bond donors (Lipinski definition) is 2. The molecule has 0 aromatic carbocycles. The Labute approximate surface area is 92.4 Å². The summed E-state index contributed by atoms with van der Waals surface area (Å²) < 4.78 is 5.61. The van der Waals surface area contributed by atoms with Crippen molar-refractivity contribution in [3.8, 4) is 0 Å². The predicted octanol–water partition coefficient (Wildman–Crippen LogP) is 0.195. The van der Waals surface area contributed by atoms with Crippen molar-refractivity contribution in [3.63, 3.8) is 0 Å². The lowest BCUT2D eigenvalue weighted by Crippen LogP contribution is -2.55. The summed E-state index contributed by atoms with van der Waals surface area (Å²) in [4.78, 5) is 2.29. The van der Waals surface area contributed by atoms with Gasteiger partial charge in [-0.15, -0.1) is 0 Å². The average Bonchev–Trinajstić information content (AvgIpc) is 2.18. The van der Waals surface area contributed by atoms with E-state index in [0.717, 1.165) is 19.6 Å². The topological polar surface area (TPSA) is 58.7 Å². The second kappa shape index (κ2) is 5.25. The zero-order chi connectivity index (χ0) is 11.5. The van der Waals surface area contributed by atoms with Crippen molar-refractivity contribution in [1.82, 2.24) is 4.90 Å². The van der Waals surface area contributed by atoms with Gasteiger partial charge in [0.2, 0.25) is 0 Å². The van der Waals surface area contributed by atoms with Crippen LogP contribution >= 0.6 is 0 Å². The fourth-order valence-corrected chi connectivity index (χ4v) is 1.98. The van der Waals surface area contributed by atoms with Gasteiger partial charge in [-0.1, -0.05) is 6.92 Å². The Balaban J connectivity index is 2.55. The van der Waals surface area contributed by atoms with Crippen molar-refractivity contribution < 1.29 is 9.84 Å². The first kappa shape index (κ1) is 12.9. The predicted molar refractivity (Wildman–Crippen MR) is 60.7 cm³/mol. The highest BCUT2D eigenvalue weighted by molar-refractivity contribution is 4.85. The molecule has 0 amide bonds. The molecule has 3 atom stereocenters. The summed E-state index contributed by atoms with van der Waals surface area (Å²) in [5.41, 5.74) is 4.75. The molecule has 15 heavy (non-hydrogen) atoms. The minimum absolute atomic E-state index is 0.251. The number of ether oxygens (including phenoxy) is 1. The lowest BCUT2D eigenvalue weighted by atomic mass is 10.0. The molecule has 1 aliphatic heterocycles. The van der Waals surface area contributed by atoms with Crippen LogP contribution in [0.3, 0.4) is 0 Å². The molecule has 4 nitrogen and oxygen atoms in total. The van der Waals surface area contributed by atoms with Gasteiger partial charge in [0, 0.05) is 25.7 Å². The Bertz CT molecular complexity index is 197.